The van der Waals surface area contributed by atoms with Crippen LogP contribution in [0, 0.1) is 5.92 Å². The molecule has 4 aromatic rings. The second-order valence-electron chi connectivity index (χ2n) is 14.3. The number of ether oxygens (including phenoxy) is 1. The van der Waals surface area contributed by atoms with Crippen LogP contribution in [0.4, 0.5) is 5.69 Å². The SMILES string of the molecule is CS(=O)(=O)N[C@H](CCC1CCNCC1)C(=O)N1C[C@H](OCc2ccc(Cl)cc2)C[C@H]1C(=O)N[C@@H](Cc1ccc(N=C(N)N)cc1)C(=O)c1nc2ccccc2o1. The molecule has 7 N–H and O–H groups in total. The Hall–Kier alpha value is -4.87. The number of ketones is 1. The Kier molecular flexibility index (Phi) is 13.4. The quantitative estimate of drug-likeness (QED) is 0.0628. The molecule has 0 bridgehead atoms. The lowest BCUT2D eigenvalue weighted by molar-refractivity contribution is -0.140. The number of nitrogens with zero attached hydrogens (tertiary/aromatic N) is 3. The lowest BCUT2D eigenvalue weighted by atomic mass is 9.91. The molecule has 0 aliphatic carbocycles. The first-order valence-corrected chi connectivity index (χ1v) is 20.8. The van der Waals surface area contributed by atoms with Crippen LogP contribution in [0.15, 0.2) is 82.2 Å². The van der Waals surface area contributed by atoms with Gasteiger partial charge in [-0.05, 0) is 92.2 Å². The van der Waals surface area contributed by atoms with Crippen LogP contribution in [-0.2, 0) is 37.4 Å². The third-order valence-electron chi connectivity index (χ3n) is 10.00. The van der Waals surface area contributed by atoms with Gasteiger partial charge in [0.05, 0.1) is 24.7 Å². The highest BCUT2D eigenvalue weighted by Crippen LogP contribution is 2.27. The van der Waals surface area contributed by atoms with Crippen molar-refractivity contribution in [3.8, 4) is 0 Å². The van der Waals surface area contributed by atoms with Gasteiger partial charge in [-0.2, -0.15) is 0 Å². The summed E-state index contributed by atoms with van der Waals surface area (Å²) in [4.78, 5) is 52.8. The van der Waals surface area contributed by atoms with Crippen molar-refractivity contribution in [1.82, 2.24) is 25.2 Å². The first kappa shape index (κ1) is 40.8. The van der Waals surface area contributed by atoms with Gasteiger partial charge < -0.3 is 36.2 Å². The summed E-state index contributed by atoms with van der Waals surface area (Å²) in [7, 11) is -3.80. The molecule has 17 heteroatoms. The number of nitrogens with two attached hydrogens (primary N) is 2. The van der Waals surface area contributed by atoms with Crippen LogP contribution >= 0.6 is 11.6 Å². The zero-order valence-electron chi connectivity index (χ0n) is 31.0. The zero-order chi connectivity index (χ0) is 39.8. The normalized spacial score (nSPS) is 18.7. The number of aromatic nitrogens is 1. The molecular formula is C39H47ClN8O7S. The average Bonchev–Trinajstić information content (AvgIpc) is 3.81. The van der Waals surface area contributed by atoms with Crippen molar-refractivity contribution in [2.45, 2.75) is 69.4 Å². The van der Waals surface area contributed by atoms with Gasteiger partial charge in [0.1, 0.15) is 23.6 Å². The predicted octanol–water partition coefficient (Wildman–Crippen LogP) is 3.18. The second kappa shape index (κ2) is 18.4. The number of likely N-dealkylation sites (tertiary alicyclic amines) is 1. The number of sulfonamides is 1. The van der Waals surface area contributed by atoms with E-state index in [-0.39, 0.29) is 44.3 Å². The van der Waals surface area contributed by atoms with Gasteiger partial charge in [0.25, 0.3) is 5.89 Å². The molecule has 298 valence electrons. The highest BCUT2D eigenvalue weighted by atomic mass is 35.5. The van der Waals surface area contributed by atoms with E-state index in [1.54, 1.807) is 60.7 Å². The molecule has 2 saturated heterocycles. The minimum absolute atomic E-state index is 0.0236. The molecule has 2 amide bonds. The molecule has 6 rings (SSSR count). The Balaban J connectivity index is 1.27. The van der Waals surface area contributed by atoms with E-state index in [2.05, 4.69) is 25.3 Å². The fraction of sp³-hybridized carbons (Fsp3) is 0.410. The van der Waals surface area contributed by atoms with Gasteiger partial charge in [-0.3, -0.25) is 14.4 Å². The molecule has 1 aromatic heterocycles. The maximum Gasteiger partial charge on any atom is 0.266 e. The number of halogens is 1. The van der Waals surface area contributed by atoms with Crippen LogP contribution < -0.4 is 26.8 Å². The maximum absolute atomic E-state index is 14.4. The number of Topliss-reactive ketones (excluding diaryl/α,β-unsaturated/α-hetero) is 1. The fourth-order valence-electron chi connectivity index (χ4n) is 7.16. The van der Waals surface area contributed by atoms with Crippen molar-refractivity contribution >= 4 is 62.0 Å². The van der Waals surface area contributed by atoms with E-state index in [0.717, 1.165) is 37.8 Å². The lowest BCUT2D eigenvalue weighted by Gasteiger charge is -2.30. The van der Waals surface area contributed by atoms with Crippen molar-refractivity contribution < 1.29 is 32.0 Å². The number of amides is 2. The number of oxazole rings is 1. The molecule has 0 spiro atoms. The van der Waals surface area contributed by atoms with Gasteiger partial charge in [-0.1, -0.05) is 48.0 Å². The third kappa shape index (κ3) is 11.1. The van der Waals surface area contributed by atoms with Crippen LogP contribution in [0.1, 0.15) is 53.9 Å². The Morgan fingerprint density at radius 2 is 1.71 bits per heavy atom. The molecule has 15 nitrogen and oxygen atoms in total. The van der Waals surface area contributed by atoms with Gasteiger partial charge in [0, 0.05) is 24.4 Å². The lowest BCUT2D eigenvalue weighted by Crippen LogP contribution is -2.55. The smallest absolute Gasteiger partial charge is 0.266 e. The van der Waals surface area contributed by atoms with Crippen molar-refractivity contribution in [2.24, 2.45) is 22.4 Å². The van der Waals surface area contributed by atoms with Crippen LogP contribution in [0.3, 0.4) is 0 Å². The molecule has 3 aromatic carbocycles. The standard InChI is InChI=1S/C39H47ClN8O7S/c1-56(52,53)47-31(15-10-24-16-18-43-19-17-24)38(51)48-22-29(54-23-26-6-11-27(40)12-7-26)21-33(48)36(50)45-32(20-25-8-13-28(14-9-25)44-39(41)42)35(49)37-46-30-4-2-3-5-34(30)55-37/h2-9,11-14,24,29,31-33,43,47H,10,15-23H2,1H3,(H,45,50)(H4,41,42,44)/t29-,31-,32+,33+/m1/s1. The number of para-hydroxylation sites is 2. The highest BCUT2D eigenvalue weighted by Gasteiger charge is 2.44. The molecule has 4 atom stereocenters. The average molecular weight is 807 g/mol. The van der Waals surface area contributed by atoms with E-state index in [1.165, 1.54) is 4.90 Å². The number of carbonyl (C=O) groups is 3. The second-order valence-corrected chi connectivity index (χ2v) is 16.6. The van der Waals surface area contributed by atoms with Crippen molar-refractivity contribution in [3.05, 3.63) is 94.8 Å². The van der Waals surface area contributed by atoms with Gasteiger partial charge in [0.15, 0.2) is 11.5 Å². The summed E-state index contributed by atoms with van der Waals surface area (Å²) in [6, 6.07) is 17.5. The van der Waals surface area contributed by atoms with Crippen molar-refractivity contribution in [2.75, 3.05) is 25.9 Å². The first-order valence-electron chi connectivity index (χ1n) is 18.5. The van der Waals surface area contributed by atoms with E-state index in [4.69, 9.17) is 32.2 Å². The monoisotopic (exact) mass is 806 g/mol. The number of hydrogen-bond donors (Lipinski definition) is 5. The van der Waals surface area contributed by atoms with Gasteiger partial charge in [-0.25, -0.2) is 23.1 Å². The predicted molar refractivity (Wildman–Crippen MR) is 213 cm³/mol. The number of nitrogens with one attached hydrogen (secondary N) is 3. The van der Waals surface area contributed by atoms with Crippen molar-refractivity contribution in [1.29, 1.82) is 0 Å². The fourth-order valence-corrected chi connectivity index (χ4v) is 8.03. The molecule has 3 heterocycles. The number of benzene rings is 3. The number of aliphatic imine (C=N–C) groups is 1. The minimum atomic E-state index is -3.80. The molecule has 2 fully saturated rings. The summed E-state index contributed by atoms with van der Waals surface area (Å²) in [5, 5.41) is 6.78. The number of hydrogen-bond acceptors (Lipinski definition) is 10. The summed E-state index contributed by atoms with van der Waals surface area (Å²) < 4.78 is 39.7. The van der Waals surface area contributed by atoms with Crippen LogP contribution in [-0.4, -0.2) is 92.0 Å². The number of guanidine groups is 1. The Labute approximate surface area is 330 Å². The molecular weight excluding hydrogens is 760 g/mol. The molecule has 2 aliphatic heterocycles. The zero-order valence-corrected chi connectivity index (χ0v) is 32.6. The van der Waals surface area contributed by atoms with Crippen LogP contribution in [0.25, 0.3) is 11.1 Å². The summed E-state index contributed by atoms with van der Waals surface area (Å²) in [6.45, 7) is 1.92. The Morgan fingerprint density at radius 1 is 1.02 bits per heavy atom. The Morgan fingerprint density at radius 3 is 2.39 bits per heavy atom. The molecule has 0 unspecified atom stereocenters. The van der Waals surface area contributed by atoms with Crippen LogP contribution in [0.2, 0.25) is 5.02 Å². The number of rotatable bonds is 16. The number of fused-ring (bicyclic) bond motifs is 1. The van der Waals surface area contributed by atoms with E-state index in [1.807, 2.05) is 12.1 Å². The molecule has 0 radical (unpaired) electrons. The maximum atomic E-state index is 14.4. The summed E-state index contributed by atoms with van der Waals surface area (Å²) in [5.41, 5.74) is 14.0. The van der Waals surface area contributed by atoms with E-state index in [9.17, 15) is 22.8 Å². The Bertz CT molecular complexity index is 2100. The van der Waals surface area contributed by atoms with Gasteiger partial charge in [0.2, 0.25) is 27.6 Å². The topological polar surface area (TPSA) is 224 Å². The number of piperidine rings is 1. The largest absolute Gasteiger partial charge is 0.434 e. The van der Waals surface area contributed by atoms with E-state index >= 15 is 0 Å². The summed E-state index contributed by atoms with van der Waals surface area (Å²) >= 11 is 6.07. The summed E-state index contributed by atoms with van der Waals surface area (Å²) in [5.74, 6) is -1.70. The number of carbonyl (C=O) groups excluding carboxylic acids is 3. The molecule has 0 saturated carbocycles. The van der Waals surface area contributed by atoms with E-state index < -0.39 is 51.9 Å². The van der Waals surface area contributed by atoms with Gasteiger partial charge >= 0.3 is 0 Å². The van der Waals surface area contributed by atoms with Crippen LogP contribution in [0.5, 0.6) is 0 Å². The van der Waals surface area contributed by atoms with Gasteiger partial charge in [-0.15, -0.1) is 0 Å². The van der Waals surface area contributed by atoms with E-state index in [0.29, 0.717) is 39.7 Å². The van der Waals surface area contributed by atoms with Crippen molar-refractivity contribution in [3.63, 3.8) is 0 Å². The highest BCUT2D eigenvalue weighted by molar-refractivity contribution is 7.88. The third-order valence-corrected chi connectivity index (χ3v) is 11.0. The molecule has 2 aliphatic rings. The summed E-state index contributed by atoms with van der Waals surface area (Å²) in [6.07, 6.45) is 3.29. The minimum Gasteiger partial charge on any atom is -0.434 e. The first-order chi connectivity index (χ1) is 26.8. The molecule has 56 heavy (non-hydrogen) atoms.